The van der Waals surface area contributed by atoms with E-state index in [2.05, 4.69) is 13.2 Å². The van der Waals surface area contributed by atoms with E-state index in [4.69, 9.17) is 28.4 Å². The van der Waals surface area contributed by atoms with Crippen LogP contribution in [0.2, 0.25) is 0 Å². The van der Waals surface area contributed by atoms with Gasteiger partial charge in [0.1, 0.15) is 37.4 Å². The number of unbranched alkanes of at least 4 members (excludes halogenated alkanes) is 1. The Labute approximate surface area is 244 Å². The van der Waals surface area contributed by atoms with Crippen molar-refractivity contribution in [3.8, 4) is 11.5 Å². The van der Waals surface area contributed by atoms with Crippen LogP contribution in [-0.4, -0.2) is 74.2 Å². The lowest BCUT2D eigenvalue weighted by atomic mass is 10.2. The van der Waals surface area contributed by atoms with Gasteiger partial charge in [-0.2, -0.15) is 0 Å². The Morgan fingerprint density at radius 1 is 0.833 bits per heavy atom. The van der Waals surface area contributed by atoms with E-state index in [1.165, 1.54) is 31.2 Å². The molecule has 0 saturated carbocycles. The summed E-state index contributed by atoms with van der Waals surface area (Å²) < 4.78 is 31.6. The SMILES string of the molecule is C=CC(=O)OCC(COCCCC)OC(=O)c1ccc(Oc2ccc(C(=O)OCC(O)COC(=O)C(=C)C)cc2)cc1. The average molecular weight is 585 g/mol. The van der Waals surface area contributed by atoms with Gasteiger partial charge < -0.3 is 33.5 Å². The van der Waals surface area contributed by atoms with Gasteiger partial charge in [0.25, 0.3) is 0 Å². The summed E-state index contributed by atoms with van der Waals surface area (Å²) in [5.74, 6) is -1.74. The molecule has 0 aliphatic carbocycles. The maximum Gasteiger partial charge on any atom is 0.338 e. The van der Waals surface area contributed by atoms with Crippen molar-refractivity contribution in [2.24, 2.45) is 0 Å². The first-order valence-electron chi connectivity index (χ1n) is 13.3. The Bertz CT molecular complexity index is 1200. The zero-order valence-corrected chi connectivity index (χ0v) is 23.7. The van der Waals surface area contributed by atoms with Crippen LogP contribution in [0.5, 0.6) is 11.5 Å². The topological polar surface area (TPSA) is 144 Å². The number of aliphatic hydroxyl groups excluding tert-OH is 1. The lowest BCUT2D eigenvalue weighted by Crippen LogP contribution is -2.29. The van der Waals surface area contributed by atoms with Crippen molar-refractivity contribution in [3.05, 3.63) is 84.5 Å². The summed E-state index contributed by atoms with van der Waals surface area (Å²) in [4.78, 5) is 47.7. The number of carbonyl (C=O) groups excluding carboxylic acids is 4. The summed E-state index contributed by atoms with van der Waals surface area (Å²) in [5.41, 5.74) is 0.669. The Hall–Kier alpha value is -4.48. The standard InChI is InChI=1S/C31H36O11/c1-5-7-16-37-19-27(20-38-28(33)6-2)42-31(36)23-10-14-26(15-11-23)41-25-12-8-22(9-13-25)30(35)40-18-24(32)17-39-29(34)21(3)4/h6,8-15,24,27,32H,2-3,5,7,16-20H2,1,4H3. The number of ether oxygens (including phenoxy) is 6. The predicted molar refractivity (Wildman–Crippen MR) is 151 cm³/mol. The summed E-state index contributed by atoms with van der Waals surface area (Å²) in [6.45, 7) is 9.99. The van der Waals surface area contributed by atoms with Crippen molar-refractivity contribution in [1.82, 2.24) is 0 Å². The molecule has 0 aliphatic rings. The second kappa shape index (κ2) is 18.1. The van der Waals surface area contributed by atoms with E-state index in [0.717, 1.165) is 18.9 Å². The monoisotopic (exact) mass is 584 g/mol. The Morgan fingerprint density at radius 2 is 1.40 bits per heavy atom. The molecule has 0 heterocycles. The van der Waals surface area contributed by atoms with Gasteiger partial charge in [-0.05, 0) is 61.9 Å². The van der Waals surface area contributed by atoms with Crippen LogP contribution >= 0.6 is 0 Å². The molecule has 2 aromatic carbocycles. The highest BCUT2D eigenvalue weighted by atomic mass is 16.6. The third kappa shape index (κ3) is 12.4. The smallest absolute Gasteiger partial charge is 0.338 e. The zero-order valence-electron chi connectivity index (χ0n) is 23.7. The van der Waals surface area contributed by atoms with Crippen LogP contribution in [0.1, 0.15) is 47.4 Å². The number of hydrogen-bond donors (Lipinski definition) is 1. The van der Waals surface area contributed by atoms with E-state index in [9.17, 15) is 24.3 Å². The summed E-state index contributed by atoms with van der Waals surface area (Å²) in [6.07, 6.45) is 0.850. The Morgan fingerprint density at radius 3 is 1.95 bits per heavy atom. The van der Waals surface area contributed by atoms with Gasteiger partial charge >= 0.3 is 23.9 Å². The predicted octanol–water partition coefficient (Wildman–Crippen LogP) is 4.19. The molecular weight excluding hydrogens is 548 g/mol. The fourth-order valence-electron chi connectivity index (χ4n) is 3.08. The van der Waals surface area contributed by atoms with Gasteiger partial charge in [0.15, 0.2) is 6.10 Å². The number of rotatable bonds is 18. The second-order valence-corrected chi connectivity index (χ2v) is 9.07. The molecule has 2 rings (SSSR count). The van der Waals surface area contributed by atoms with Crippen LogP contribution in [0.15, 0.2) is 73.3 Å². The summed E-state index contributed by atoms with van der Waals surface area (Å²) in [7, 11) is 0. The number of esters is 4. The fourth-order valence-corrected chi connectivity index (χ4v) is 3.08. The molecule has 2 unspecified atom stereocenters. The van der Waals surface area contributed by atoms with Crippen LogP contribution < -0.4 is 4.74 Å². The molecule has 11 nitrogen and oxygen atoms in total. The van der Waals surface area contributed by atoms with E-state index in [-0.39, 0.29) is 43.1 Å². The van der Waals surface area contributed by atoms with E-state index in [1.54, 1.807) is 24.3 Å². The first-order chi connectivity index (χ1) is 20.1. The van der Waals surface area contributed by atoms with E-state index < -0.39 is 36.1 Å². The van der Waals surface area contributed by atoms with Crippen molar-refractivity contribution in [3.63, 3.8) is 0 Å². The van der Waals surface area contributed by atoms with E-state index in [1.807, 2.05) is 6.92 Å². The number of carbonyl (C=O) groups is 4. The van der Waals surface area contributed by atoms with Crippen molar-refractivity contribution < 1.29 is 52.7 Å². The molecular formula is C31H36O11. The largest absolute Gasteiger partial charge is 0.459 e. The third-order valence-corrected chi connectivity index (χ3v) is 5.38. The van der Waals surface area contributed by atoms with Crippen molar-refractivity contribution in [2.75, 3.05) is 33.0 Å². The van der Waals surface area contributed by atoms with Crippen LogP contribution in [0.4, 0.5) is 0 Å². The maximum atomic E-state index is 12.7. The highest BCUT2D eigenvalue weighted by molar-refractivity contribution is 5.90. The molecule has 42 heavy (non-hydrogen) atoms. The zero-order chi connectivity index (χ0) is 30.9. The van der Waals surface area contributed by atoms with Gasteiger partial charge in [-0.15, -0.1) is 0 Å². The van der Waals surface area contributed by atoms with Gasteiger partial charge in [0.2, 0.25) is 0 Å². The third-order valence-electron chi connectivity index (χ3n) is 5.38. The second-order valence-electron chi connectivity index (χ2n) is 9.07. The number of benzene rings is 2. The Balaban J connectivity index is 1.87. The van der Waals surface area contributed by atoms with Gasteiger partial charge in [-0.25, -0.2) is 19.2 Å². The lowest BCUT2D eigenvalue weighted by molar-refractivity contribution is -0.143. The molecule has 0 amide bonds. The molecule has 0 saturated heterocycles. The van der Waals surface area contributed by atoms with Gasteiger partial charge in [0, 0.05) is 18.3 Å². The first kappa shape index (κ1) is 33.7. The summed E-state index contributed by atoms with van der Waals surface area (Å²) >= 11 is 0. The van der Waals surface area contributed by atoms with Crippen LogP contribution in [-0.2, 0) is 33.3 Å². The molecule has 0 spiro atoms. The molecule has 0 fully saturated rings. The van der Waals surface area contributed by atoms with Crippen LogP contribution in [0.3, 0.4) is 0 Å². The molecule has 0 aliphatic heterocycles. The van der Waals surface area contributed by atoms with Crippen LogP contribution in [0.25, 0.3) is 0 Å². The van der Waals surface area contributed by atoms with E-state index >= 15 is 0 Å². The maximum absolute atomic E-state index is 12.7. The number of hydrogen-bond acceptors (Lipinski definition) is 11. The Kier molecular flexibility index (Phi) is 14.5. The van der Waals surface area contributed by atoms with Gasteiger partial charge in [-0.3, -0.25) is 0 Å². The minimum absolute atomic E-state index is 0.0757. The van der Waals surface area contributed by atoms with Gasteiger partial charge in [-0.1, -0.05) is 26.5 Å². The summed E-state index contributed by atoms with van der Waals surface area (Å²) in [6, 6.07) is 12.3. The molecule has 2 aromatic rings. The van der Waals surface area contributed by atoms with Gasteiger partial charge in [0.05, 0.1) is 17.7 Å². The molecule has 0 radical (unpaired) electrons. The molecule has 0 aromatic heterocycles. The summed E-state index contributed by atoms with van der Waals surface area (Å²) in [5, 5.41) is 9.83. The minimum atomic E-state index is -1.18. The lowest BCUT2D eigenvalue weighted by Gasteiger charge is -2.18. The average Bonchev–Trinajstić information content (AvgIpc) is 2.99. The quantitative estimate of drug-likeness (QED) is 0.117. The van der Waals surface area contributed by atoms with Crippen molar-refractivity contribution >= 4 is 23.9 Å². The van der Waals surface area contributed by atoms with Crippen molar-refractivity contribution in [1.29, 1.82) is 0 Å². The van der Waals surface area contributed by atoms with E-state index in [0.29, 0.717) is 18.1 Å². The molecule has 2 atom stereocenters. The first-order valence-corrected chi connectivity index (χ1v) is 13.3. The van der Waals surface area contributed by atoms with Crippen molar-refractivity contribution in [2.45, 2.75) is 38.9 Å². The fraction of sp³-hybridized carbons (Fsp3) is 0.355. The number of aliphatic hydroxyl groups is 1. The molecule has 11 heteroatoms. The minimum Gasteiger partial charge on any atom is -0.459 e. The van der Waals surface area contributed by atoms with Crippen LogP contribution in [0, 0.1) is 0 Å². The molecule has 226 valence electrons. The normalized spacial score (nSPS) is 11.9. The highest BCUT2D eigenvalue weighted by Crippen LogP contribution is 2.23. The molecule has 0 bridgehead atoms. The molecule has 1 N–H and O–H groups in total. The highest BCUT2D eigenvalue weighted by Gasteiger charge is 2.19.